The number of hydrogen-bond acceptors (Lipinski definition) is 4. The summed E-state index contributed by atoms with van der Waals surface area (Å²) < 4.78 is 29.4. The van der Waals surface area contributed by atoms with Crippen LogP contribution >= 0.6 is 0 Å². The van der Waals surface area contributed by atoms with E-state index in [9.17, 15) is 8.42 Å². The summed E-state index contributed by atoms with van der Waals surface area (Å²) in [6.45, 7) is 9.79. The molecule has 0 aliphatic heterocycles. The molecule has 1 aromatic carbocycles. The largest absolute Gasteiger partial charge is 0.304 e. The molecule has 2 aromatic rings. The molecule has 6 nitrogen and oxygen atoms in total. The van der Waals surface area contributed by atoms with Crippen molar-refractivity contribution < 1.29 is 8.42 Å². The first-order valence-corrected chi connectivity index (χ1v) is 10.2. The van der Waals surface area contributed by atoms with Gasteiger partial charge in [0.1, 0.15) is 4.90 Å². The van der Waals surface area contributed by atoms with Gasteiger partial charge in [0.2, 0.25) is 10.0 Å². The van der Waals surface area contributed by atoms with Crippen LogP contribution in [0.1, 0.15) is 31.5 Å². The van der Waals surface area contributed by atoms with E-state index >= 15 is 0 Å². The van der Waals surface area contributed by atoms with Crippen LogP contribution in [0, 0.1) is 6.92 Å². The molecule has 0 saturated heterocycles. The van der Waals surface area contributed by atoms with Gasteiger partial charge in [-0.2, -0.15) is 5.10 Å². The Morgan fingerprint density at radius 3 is 2.48 bits per heavy atom. The highest BCUT2D eigenvalue weighted by molar-refractivity contribution is 7.89. The number of nitrogens with zero attached hydrogens (tertiary/aromatic N) is 3. The summed E-state index contributed by atoms with van der Waals surface area (Å²) in [6, 6.07) is 9.87. The third-order valence-corrected chi connectivity index (χ3v) is 5.78. The summed E-state index contributed by atoms with van der Waals surface area (Å²) in [4.78, 5) is 2.53. The molecule has 7 heteroatoms. The number of sulfonamides is 1. The summed E-state index contributed by atoms with van der Waals surface area (Å²) in [7, 11) is -3.53. The standard InChI is InChI=1S/C18H28N4O2S/c1-4-21(5-2)13-9-12-19-25(23,24)18-15-22(20-16(18)3)14-17-10-7-6-8-11-17/h6-8,10-11,15,19H,4-5,9,12-14H2,1-3H3. The Morgan fingerprint density at radius 1 is 1.16 bits per heavy atom. The van der Waals surface area contributed by atoms with Gasteiger partial charge in [-0.05, 0) is 38.5 Å². The predicted octanol–water partition coefficient (Wildman–Crippen LogP) is 2.25. The molecule has 1 heterocycles. The normalized spacial score (nSPS) is 12.0. The highest BCUT2D eigenvalue weighted by Gasteiger charge is 2.20. The Kier molecular flexibility index (Phi) is 7.16. The molecule has 0 unspecified atom stereocenters. The smallest absolute Gasteiger partial charge is 0.243 e. The van der Waals surface area contributed by atoms with Crippen LogP contribution in [0.15, 0.2) is 41.4 Å². The van der Waals surface area contributed by atoms with Gasteiger partial charge in [-0.1, -0.05) is 44.2 Å². The number of hydrogen-bond donors (Lipinski definition) is 1. The molecule has 0 aliphatic rings. The van der Waals surface area contributed by atoms with Crippen molar-refractivity contribution in [1.82, 2.24) is 19.4 Å². The van der Waals surface area contributed by atoms with Gasteiger partial charge in [0, 0.05) is 12.7 Å². The molecule has 0 aliphatic carbocycles. The lowest BCUT2D eigenvalue weighted by molar-refractivity contribution is 0.300. The van der Waals surface area contributed by atoms with Crippen molar-refractivity contribution in [3.8, 4) is 0 Å². The number of nitrogens with one attached hydrogen (secondary N) is 1. The second kappa shape index (κ2) is 9.12. The number of rotatable bonds is 10. The summed E-state index contributed by atoms with van der Waals surface area (Å²) in [5.41, 5.74) is 1.60. The molecule has 0 bridgehead atoms. The molecule has 2 rings (SSSR count). The van der Waals surface area contributed by atoms with Crippen LogP contribution in [-0.2, 0) is 16.6 Å². The monoisotopic (exact) mass is 364 g/mol. The number of benzene rings is 1. The molecular weight excluding hydrogens is 336 g/mol. The number of aryl methyl sites for hydroxylation is 1. The summed E-state index contributed by atoms with van der Waals surface area (Å²) >= 11 is 0. The van der Waals surface area contributed by atoms with Crippen LogP contribution < -0.4 is 4.72 Å². The second-order valence-corrected chi connectivity index (χ2v) is 7.78. The first kappa shape index (κ1) is 19.6. The van der Waals surface area contributed by atoms with Crippen LogP contribution in [0.25, 0.3) is 0 Å². The Balaban J connectivity index is 1.97. The van der Waals surface area contributed by atoms with Gasteiger partial charge in [-0.15, -0.1) is 0 Å². The fourth-order valence-corrected chi connectivity index (χ4v) is 4.00. The third kappa shape index (κ3) is 5.66. The van der Waals surface area contributed by atoms with Crippen LogP contribution in [0.3, 0.4) is 0 Å². The average Bonchev–Trinajstić information content (AvgIpc) is 2.97. The van der Waals surface area contributed by atoms with E-state index in [-0.39, 0.29) is 4.90 Å². The first-order chi connectivity index (χ1) is 12.0. The number of aromatic nitrogens is 2. The molecule has 1 aromatic heterocycles. The van der Waals surface area contributed by atoms with E-state index in [2.05, 4.69) is 28.6 Å². The highest BCUT2D eigenvalue weighted by atomic mass is 32.2. The van der Waals surface area contributed by atoms with Crippen LogP contribution in [0.5, 0.6) is 0 Å². The fraction of sp³-hybridized carbons (Fsp3) is 0.500. The van der Waals surface area contributed by atoms with E-state index < -0.39 is 10.0 Å². The van der Waals surface area contributed by atoms with E-state index in [0.29, 0.717) is 18.8 Å². The molecule has 1 N–H and O–H groups in total. The molecule has 0 spiro atoms. The molecule has 0 atom stereocenters. The zero-order valence-corrected chi connectivity index (χ0v) is 16.1. The van der Waals surface area contributed by atoms with Crippen molar-refractivity contribution in [3.05, 3.63) is 47.8 Å². The molecule has 0 amide bonds. The Labute approximate surface area is 150 Å². The summed E-state index contributed by atoms with van der Waals surface area (Å²) in [5, 5.41) is 4.34. The molecule has 25 heavy (non-hydrogen) atoms. The molecule has 138 valence electrons. The molecule has 0 radical (unpaired) electrons. The van der Waals surface area contributed by atoms with E-state index in [1.54, 1.807) is 17.8 Å². The third-order valence-electron chi connectivity index (χ3n) is 4.22. The van der Waals surface area contributed by atoms with Gasteiger partial charge in [0.25, 0.3) is 0 Å². The molecular formula is C18H28N4O2S. The van der Waals surface area contributed by atoms with Crippen molar-refractivity contribution in [2.75, 3.05) is 26.2 Å². The van der Waals surface area contributed by atoms with E-state index in [0.717, 1.165) is 31.6 Å². The summed E-state index contributed by atoms with van der Waals surface area (Å²) in [5.74, 6) is 0. The van der Waals surface area contributed by atoms with Crippen molar-refractivity contribution in [3.63, 3.8) is 0 Å². The SMILES string of the molecule is CCN(CC)CCCNS(=O)(=O)c1cn(Cc2ccccc2)nc1C. The van der Waals surface area contributed by atoms with Gasteiger partial charge in [-0.3, -0.25) is 4.68 Å². The molecule has 0 fully saturated rings. The minimum Gasteiger partial charge on any atom is -0.304 e. The average molecular weight is 365 g/mol. The first-order valence-electron chi connectivity index (χ1n) is 8.76. The lowest BCUT2D eigenvalue weighted by atomic mass is 10.2. The predicted molar refractivity (Wildman–Crippen MR) is 100 cm³/mol. The van der Waals surface area contributed by atoms with Gasteiger partial charge in [0.05, 0.1) is 12.2 Å². The maximum absolute atomic E-state index is 12.5. The lowest BCUT2D eigenvalue weighted by Crippen LogP contribution is -2.30. The quantitative estimate of drug-likeness (QED) is 0.657. The van der Waals surface area contributed by atoms with Crippen LogP contribution in [-0.4, -0.2) is 49.3 Å². The van der Waals surface area contributed by atoms with Crippen molar-refractivity contribution >= 4 is 10.0 Å². The summed E-state index contributed by atoms with van der Waals surface area (Å²) in [6.07, 6.45) is 2.40. The highest BCUT2D eigenvalue weighted by Crippen LogP contribution is 2.14. The fourth-order valence-electron chi connectivity index (χ4n) is 2.74. The maximum Gasteiger partial charge on any atom is 0.243 e. The van der Waals surface area contributed by atoms with Crippen molar-refractivity contribution in [1.29, 1.82) is 0 Å². The van der Waals surface area contributed by atoms with E-state index in [4.69, 9.17) is 0 Å². The van der Waals surface area contributed by atoms with Crippen LogP contribution in [0.4, 0.5) is 0 Å². The maximum atomic E-state index is 12.5. The zero-order valence-electron chi connectivity index (χ0n) is 15.3. The van der Waals surface area contributed by atoms with E-state index in [1.807, 2.05) is 30.3 Å². The minimum absolute atomic E-state index is 0.256. The van der Waals surface area contributed by atoms with Gasteiger partial charge < -0.3 is 4.90 Å². The Morgan fingerprint density at radius 2 is 1.84 bits per heavy atom. The van der Waals surface area contributed by atoms with Gasteiger partial charge in [-0.25, -0.2) is 13.1 Å². The zero-order chi connectivity index (χ0) is 18.3. The van der Waals surface area contributed by atoms with Crippen LogP contribution in [0.2, 0.25) is 0 Å². The lowest BCUT2D eigenvalue weighted by Gasteiger charge is -2.17. The second-order valence-electron chi connectivity index (χ2n) is 6.04. The topological polar surface area (TPSA) is 67.2 Å². The molecule has 0 saturated carbocycles. The van der Waals surface area contributed by atoms with Gasteiger partial charge in [0.15, 0.2) is 0 Å². The van der Waals surface area contributed by atoms with Crippen molar-refractivity contribution in [2.24, 2.45) is 0 Å². The van der Waals surface area contributed by atoms with Gasteiger partial charge >= 0.3 is 0 Å². The Bertz CT molecular complexity index is 753. The Hall–Kier alpha value is -1.70. The van der Waals surface area contributed by atoms with Crippen molar-refractivity contribution in [2.45, 2.75) is 38.6 Å². The minimum atomic E-state index is -3.53. The van der Waals surface area contributed by atoms with E-state index in [1.165, 1.54) is 0 Å².